The van der Waals surface area contributed by atoms with Gasteiger partial charge in [0.1, 0.15) is 11.5 Å². The topological polar surface area (TPSA) is 185 Å². The number of benzene rings is 1. The number of aromatic hydroxyl groups is 1. The van der Waals surface area contributed by atoms with Crippen LogP contribution < -0.4 is 10.5 Å². The zero-order valence-corrected chi connectivity index (χ0v) is 22.4. The predicted molar refractivity (Wildman–Crippen MR) is 133 cm³/mol. The SMILES string of the molecule is COc1cc(C(C)(C)C)c(O)c2c1[C@@H](C)[C@H]1C(C2=O)C(=O)[C@@]2(O)C(=O)C(C(N)=O)C(=O)[C@H](N(C)C)[C@H]2[C@@H]1O. The van der Waals surface area contributed by atoms with E-state index >= 15 is 0 Å². The second-order valence-corrected chi connectivity index (χ2v) is 11.9. The van der Waals surface area contributed by atoms with Gasteiger partial charge >= 0.3 is 0 Å². The molecule has 2 fully saturated rings. The molecule has 8 atom stereocenters. The Balaban J connectivity index is 2.01. The number of rotatable bonds is 3. The molecule has 4 rings (SSSR count). The monoisotopic (exact) mass is 530 g/mol. The smallest absolute Gasteiger partial charge is 0.235 e. The number of likely N-dealkylation sites (N-methyl/N-ethyl adjacent to an activating group) is 1. The van der Waals surface area contributed by atoms with Crippen LogP contribution in [-0.4, -0.2) is 88.2 Å². The molecule has 0 heterocycles. The first kappa shape index (κ1) is 27.9. The number of nitrogens with zero attached hydrogens (tertiary/aromatic N) is 1. The largest absolute Gasteiger partial charge is 0.507 e. The summed E-state index contributed by atoms with van der Waals surface area (Å²) in [6.07, 6.45) is -1.70. The number of aliphatic hydroxyl groups excluding tert-OH is 1. The van der Waals surface area contributed by atoms with Crippen molar-refractivity contribution in [1.29, 1.82) is 0 Å². The van der Waals surface area contributed by atoms with E-state index in [1.54, 1.807) is 13.0 Å². The van der Waals surface area contributed by atoms with Crippen LogP contribution in [0, 0.1) is 23.7 Å². The summed E-state index contributed by atoms with van der Waals surface area (Å²) in [6, 6.07) is 0.191. The van der Waals surface area contributed by atoms with E-state index in [0.29, 0.717) is 5.56 Å². The van der Waals surface area contributed by atoms with E-state index in [2.05, 4.69) is 0 Å². The van der Waals surface area contributed by atoms with Gasteiger partial charge in [0.15, 0.2) is 34.7 Å². The number of nitrogens with two attached hydrogens (primary N) is 1. The first-order chi connectivity index (χ1) is 17.4. The Bertz CT molecular complexity index is 1280. The maximum Gasteiger partial charge on any atom is 0.235 e. The van der Waals surface area contributed by atoms with Crippen molar-refractivity contribution in [2.75, 3.05) is 21.2 Å². The minimum Gasteiger partial charge on any atom is -0.507 e. The number of phenols is 1. The predicted octanol–water partition coefficient (Wildman–Crippen LogP) is -0.295. The minimum absolute atomic E-state index is 0.180. The molecule has 1 aromatic rings. The fraction of sp³-hybridized carbons (Fsp3) is 0.593. The van der Waals surface area contributed by atoms with Crippen molar-refractivity contribution in [3.8, 4) is 11.5 Å². The number of ether oxygens (including phenoxy) is 1. The van der Waals surface area contributed by atoms with Crippen LogP contribution >= 0.6 is 0 Å². The molecular weight excluding hydrogens is 496 g/mol. The quantitative estimate of drug-likeness (QED) is 0.378. The van der Waals surface area contributed by atoms with Crippen LogP contribution in [0.15, 0.2) is 6.07 Å². The molecule has 0 aromatic heterocycles. The molecule has 5 N–H and O–H groups in total. The molecule has 11 heteroatoms. The van der Waals surface area contributed by atoms with E-state index in [-0.39, 0.29) is 22.6 Å². The van der Waals surface area contributed by atoms with E-state index in [1.807, 2.05) is 20.8 Å². The van der Waals surface area contributed by atoms with Crippen molar-refractivity contribution in [3.63, 3.8) is 0 Å². The number of amides is 1. The molecule has 2 saturated carbocycles. The van der Waals surface area contributed by atoms with Gasteiger partial charge in [0.2, 0.25) is 5.91 Å². The van der Waals surface area contributed by atoms with Crippen molar-refractivity contribution >= 4 is 29.0 Å². The molecule has 3 aliphatic rings. The summed E-state index contributed by atoms with van der Waals surface area (Å²) in [7, 11) is 4.29. The number of carbonyl (C=O) groups excluding carboxylic acids is 5. The molecule has 3 aliphatic carbocycles. The molecular formula is C27H34N2O9. The zero-order valence-electron chi connectivity index (χ0n) is 22.4. The summed E-state index contributed by atoms with van der Waals surface area (Å²) in [4.78, 5) is 68.1. The number of methoxy groups -OCH3 is 1. The summed E-state index contributed by atoms with van der Waals surface area (Å²) in [5, 5.41) is 34.6. The van der Waals surface area contributed by atoms with Gasteiger partial charge in [-0.25, -0.2) is 0 Å². The molecule has 0 bridgehead atoms. The van der Waals surface area contributed by atoms with Crippen LogP contribution in [0.5, 0.6) is 11.5 Å². The van der Waals surface area contributed by atoms with E-state index in [0.717, 1.165) is 0 Å². The Hall–Kier alpha value is -3.15. The molecule has 0 aliphatic heterocycles. The lowest BCUT2D eigenvalue weighted by Gasteiger charge is -2.56. The van der Waals surface area contributed by atoms with E-state index in [4.69, 9.17) is 10.5 Å². The van der Waals surface area contributed by atoms with Gasteiger partial charge in [-0.3, -0.25) is 28.9 Å². The second kappa shape index (κ2) is 8.69. The third-order valence-electron chi connectivity index (χ3n) is 8.57. The molecule has 2 unspecified atom stereocenters. The highest BCUT2D eigenvalue weighted by Gasteiger charge is 2.73. The average molecular weight is 531 g/mol. The van der Waals surface area contributed by atoms with Crippen molar-refractivity contribution in [2.24, 2.45) is 29.4 Å². The van der Waals surface area contributed by atoms with Gasteiger partial charge in [0, 0.05) is 17.0 Å². The van der Waals surface area contributed by atoms with Crippen molar-refractivity contribution in [1.82, 2.24) is 4.90 Å². The molecule has 11 nitrogen and oxygen atoms in total. The number of hydrogen-bond donors (Lipinski definition) is 4. The van der Waals surface area contributed by atoms with Crippen LogP contribution in [0.4, 0.5) is 0 Å². The third-order valence-corrected chi connectivity index (χ3v) is 8.57. The summed E-state index contributed by atoms with van der Waals surface area (Å²) >= 11 is 0. The zero-order chi connectivity index (χ0) is 28.8. The fourth-order valence-corrected chi connectivity index (χ4v) is 6.83. The first-order valence-corrected chi connectivity index (χ1v) is 12.4. The van der Waals surface area contributed by atoms with E-state index < -0.39 is 81.8 Å². The normalized spacial score (nSPS) is 35.1. The average Bonchev–Trinajstić information content (AvgIpc) is 2.80. The molecule has 38 heavy (non-hydrogen) atoms. The molecule has 0 saturated heterocycles. The maximum atomic E-state index is 14.0. The Morgan fingerprint density at radius 2 is 1.71 bits per heavy atom. The number of carbonyl (C=O) groups is 5. The number of fused-ring (bicyclic) bond motifs is 3. The van der Waals surface area contributed by atoms with Gasteiger partial charge in [-0.1, -0.05) is 27.7 Å². The summed E-state index contributed by atoms with van der Waals surface area (Å²) in [6.45, 7) is 7.10. The summed E-state index contributed by atoms with van der Waals surface area (Å²) < 4.78 is 5.58. The number of hydrogen-bond acceptors (Lipinski definition) is 10. The number of aliphatic hydroxyl groups is 2. The van der Waals surface area contributed by atoms with E-state index in [9.17, 15) is 39.3 Å². The second-order valence-electron chi connectivity index (χ2n) is 11.9. The Labute approximate surface area is 219 Å². The third kappa shape index (κ3) is 3.41. The van der Waals surface area contributed by atoms with Crippen molar-refractivity contribution in [2.45, 2.75) is 56.8 Å². The van der Waals surface area contributed by atoms with Crippen LogP contribution in [0.1, 0.15) is 55.1 Å². The molecule has 1 aromatic carbocycles. The fourth-order valence-electron chi connectivity index (χ4n) is 6.83. The molecule has 1 amide bonds. The van der Waals surface area contributed by atoms with Gasteiger partial charge in [-0.15, -0.1) is 0 Å². The van der Waals surface area contributed by atoms with Gasteiger partial charge in [0.05, 0.1) is 36.7 Å². The number of ketones is 4. The van der Waals surface area contributed by atoms with E-state index in [1.165, 1.54) is 26.1 Å². The van der Waals surface area contributed by atoms with Gasteiger partial charge < -0.3 is 25.8 Å². The highest BCUT2D eigenvalue weighted by atomic mass is 16.5. The maximum absolute atomic E-state index is 14.0. The summed E-state index contributed by atoms with van der Waals surface area (Å²) in [5.74, 6) is -13.4. The first-order valence-electron chi connectivity index (χ1n) is 12.4. The van der Waals surface area contributed by atoms with Crippen molar-refractivity contribution in [3.05, 3.63) is 22.8 Å². The van der Waals surface area contributed by atoms with Gasteiger partial charge in [-0.2, -0.15) is 0 Å². The highest BCUT2D eigenvalue weighted by Crippen LogP contribution is 2.57. The molecule has 0 spiro atoms. The Morgan fingerprint density at radius 1 is 1.13 bits per heavy atom. The van der Waals surface area contributed by atoms with Crippen LogP contribution in [0.2, 0.25) is 0 Å². The van der Waals surface area contributed by atoms with Crippen LogP contribution in [0.3, 0.4) is 0 Å². The number of Topliss-reactive ketones (excluding diaryl/α,β-unsaturated/α-hetero) is 4. The number of phenolic OH excluding ortho intramolecular Hbond substituents is 1. The van der Waals surface area contributed by atoms with Crippen LogP contribution in [0.25, 0.3) is 0 Å². The van der Waals surface area contributed by atoms with Gasteiger partial charge in [0.25, 0.3) is 0 Å². The standard InChI is InChI=1S/C27H34N2O9/c1-9-12-11(38-7)8-10(26(2,3)4)19(30)14(12)20(31)15-13(9)21(32)17-18(29(5)6)22(33)16(25(28)36)24(35)27(17,37)23(15)34/h8-9,13,15-18,21,30,32,37H,1-7H3,(H2,28,36)/t9-,13+,15?,16?,17+,18-,21-,27-/m1/s1. The molecule has 0 radical (unpaired) electrons. The van der Waals surface area contributed by atoms with Gasteiger partial charge in [-0.05, 0) is 31.5 Å². The lowest BCUT2D eigenvalue weighted by molar-refractivity contribution is -0.196. The Morgan fingerprint density at radius 3 is 2.18 bits per heavy atom. The summed E-state index contributed by atoms with van der Waals surface area (Å²) in [5.41, 5.74) is 2.16. The van der Waals surface area contributed by atoms with Crippen LogP contribution in [-0.2, 0) is 24.6 Å². The lowest BCUT2D eigenvalue weighted by atomic mass is 9.49. The molecule has 206 valence electrons. The number of primary amides is 1. The minimum atomic E-state index is -3.03. The Kier molecular flexibility index (Phi) is 6.37. The van der Waals surface area contributed by atoms with Crippen molar-refractivity contribution < 1.29 is 44.0 Å². The highest BCUT2D eigenvalue weighted by molar-refractivity contribution is 6.32. The lowest BCUT2D eigenvalue weighted by Crippen LogP contribution is -2.77.